The first-order chi connectivity index (χ1) is 10.9. The molecule has 0 heterocycles. The van der Waals surface area contributed by atoms with E-state index in [1.807, 2.05) is 24.3 Å². The third-order valence-corrected chi connectivity index (χ3v) is 3.44. The largest absolute Gasteiger partial charge is 0.322 e. The topological polar surface area (TPSA) is 76.7 Å². The molecule has 0 atom stereocenters. The molecule has 0 aliphatic rings. The fraction of sp³-hybridized carbons (Fsp3) is 0.222. The minimum atomic E-state index is -0.160. The molecule has 2 aromatic rings. The van der Waals surface area contributed by atoms with Crippen LogP contribution in [0.5, 0.6) is 0 Å². The number of nitrogens with zero attached hydrogens (tertiary/aromatic N) is 1. The number of benzene rings is 2. The summed E-state index contributed by atoms with van der Waals surface area (Å²) in [4.78, 5) is 16.4. The second-order valence-corrected chi connectivity index (χ2v) is 6.24. The molecule has 5 heteroatoms. The predicted octanol–water partition coefficient (Wildman–Crippen LogP) is 3.46. The van der Waals surface area contributed by atoms with Crippen LogP contribution < -0.4 is 11.2 Å². The quantitative estimate of drug-likeness (QED) is 0.670. The lowest BCUT2D eigenvalue weighted by molar-refractivity contribution is 0.102. The highest BCUT2D eigenvalue weighted by atomic mass is 16.7. The number of nitrogens with two attached hydrogens (primary N) is 1. The molecule has 0 aromatic heterocycles. The van der Waals surface area contributed by atoms with Gasteiger partial charge in [0.15, 0.2) is 0 Å². The maximum atomic E-state index is 12.2. The minimum Gasteiger partial charge on any atom is -0.322 e. The fourth-order valence-electron chi connectivity index (χ4n) is 2.07. The summed E-state index contributed by atoms with van der Waals surface area (Å²) >= 11 is 0. The summed E-state index contributed by atoms with van der Waals surface area (Å²) in [6.07, 6.45) is 1.47. The van der Waals surface area contributed by atoms with Gasteiger partial charge in [0.05, 0.1) is 6.21 Å². The fourth-order valence-corrected chi connectivity index (χ4v) is 2.07. The van der Waals surface area contributed by atoms with Crippen molar-refractivity contribution in [3.8, 4) is 0 Å². The molecule has 0 aliphatic heterocycles. The molecule has 2 rings (SSSR count). The summed E-state index contributed by atoms with van der Waals surface area (Å²) in [7, 11) is 0. The van der Waals surface area contributed by atoms with Gasteiger partial charge in [-0.25, -0.2) is 0 Å². The first-order valence-electron chi connectivity index (χ1n) is 7.31. The van der Waals surface area contributed by atoms with Gasteiger partial charge < -0.3 is 10.3 Å². The summed E-state index contributed by atoms with van der Waals surface area (Å²) in [6, 6.07) is 14.9. The molecule has 0 saturated heterocycles. The summed E-state index contributed by atoms with van der Waals surface area (Å²) in [5.41, 5.74) is 3.44. The number of oxime groups is 1. The molecule has 0 fully saturated rings. The van der Waals surface area contributed by atoms with E-state index < -0.39 is 0 Å². The van der Waals surface area contributed by atoms with Crippen LogP contribution in [0.1, 0.15) is 42.3 Å². The lowest BCUT2D eigenvalue weighted by Gasteiger charge is -2.19. The normalized spacial score (nSPS) is 11.5. The third kappa shape index (κ3) is 4.66. The molecule has 0 radical (unpaired) electrons. The molecule has 0 saturated carbocycles. The van der Waals surface area contributed by atoms with Crippen molar-refractivity contribution in [1.29, 1.82) is 0 Å². The van der Waals surface area contributed by atoms with Crippen molar-refractivity contribution in [1.82, 2.24) is 0 Å². The van der Waals surface area contributed by atoms with Crippen molar-refractivity contribution in [2.75, 3.05) is 5.32 Å². The Balaban J connectivity index is 2.05. The van der Waals surface area contributed by atoms with Crippen molar-refractivity contribution in [2.24, 2.45) is 11.1 Å². The summed E-state index contributed by atoms with van der Waals surface area (Å²) in [5.74, 6) is 4.66. The molecule has 0 bridgehead atoms. The van der Waals surface area contributed by atoms with Crippen molar-refractivity contribution in [3.05, 3.63) is 65.2 Å². The van der Waals surface area contributed by atoms with Gasteiger partial charge in [-0.2, -0.15) is 0 Å². The monoisotopic (exact) mass is 311 g/mol. The standard InChI is InChI=1S/C18H21N3O2/c1-18(2,3)15-8-10-16(11-9-15)21-17(22)14-6-4-13(5-7-14)12-20-23-19/h4-12H,19H2,1-3H3,(H,21,22). The van der Waals surface area contributed by atoms with Crippen LogP contribution in [0.25, 0.3) is 0 Å². The van der Waals surface area contributed by atoms with Gasteiger partial charge >= 0.3 is 0 Å². The van der Waals surface area contributed by atoms with E-state index in [2.05, 4.69) is 36.2 Å². The smallest absolute Gasteiger partial charge is 0.255 e. The number of anilines is 1. The van der Waals surface area contributed by atoms with Crippen LogP contribution in [0.4, 0.5) is 5.69 Å². The average molecular weight is 311 g/mol. The number of carbonyl (C=O) groups excluding carboxylic acids is 1. The van der Waals surface area contributed by atoms with Crippen molar-refractivity contribution >= 4 is 17.8 Å². The molecule has 120 valence electrons. The van der Waals surface area contributed by atoms with Gasteiger partial charge in [-0.1, -0.05) is 50.2 Å². The zero-order chi connectivity index (χ0) is 16.9. The Morgan fingerprint density at radius 2 is 1.70 bits per heavy atom. The van der Waals surface area contributed by atoms with Crippen LogP contribution in [0.15, 0.2) is 53.7 Å². The van der Waals surface area contributed by atoms with E-state index in [4.69, 9.17) is 5.90 Å². The molecule has 0 unspecified atom stereocenters. The lowest BCUT2D eigenvalue weighted by atomic mass is 9.87. The highest BCUT2D eigenvalue weighted by molar-refractivity contribution is 6.04. The first-order valence-corrected chi connectivity index (χ1v) is 7.31. The van der Waals surface area contributed by atoms with Gasteiger partial charge in [0.25, 0.3) is 5.91 Å². The average Bonchev–Trinajstić information content (AvgIpc) is 2.53. The Morgan fingerprint density at radius 3 is 2.22 bits per heavy atom. The molecular weight excluding hydrogens is 290 g/mol. The van der Waals surface area contributed by atoms with Gasteiger partial charge in [-0.15, -0.1) is 5.90 Å². The number of hydrogen-bond donors (Lipinski definition) is 2. The van der Waals surface area contributed by atoms with Crippen molar-refractivity contribution < 1.29 is 9.73 Å². The second kappa shape index (κ2) is 7.07. The maximum Gasteiger partial charge on any atom is 0.255 e. The minimum absolute atomic E-state index is 0.0904. The maximum absolute atomic E-state index is 12.2. The van der Waals surface area contributed by atoms with Gasteiger partial charge in [-0.05, 0) is 40.8 Å². The van der Waals surface area contributed by atoms with E-state index in [1.54, 1.807) is 24.3 Å². The molecule has 0 spiro atoms. The van der Waals surface area contributed by atoms with E-state index in [1.165, 1.54) is 11.8 Å². The van der Waals surface area contributed by atoms with Crippen LogP contribution in [0.2, 0.25) is 0 Å². The molecule has 23 heavy (non-hydrogen) atoms. The predicted molar refractivity (Wildman–Crippen MR) is 92.4 cm³/mol. The van der Waals surface area contributed by atoms with E-state index in [0.717, 1.165) is 11.3 Å². The first kappa shape index (κ1) is 16.7. The van der Waals surface area contributed by atoms with Crippen LogP contribution in [-0.2, 0) is 10.4 Å². The number of amides is 1. The van der Waals surface area contributed by atoms with E-state index in [-0.39, 0.29) is 11.3 Å². The molecule has 3 N–H and O–H groups in total. The molecule has 5 nitrogen and oxygen atoms in total. The summed E-state index contributed by atoms with van der Waals surface area (Å²) in [5, 5.41) is 6.35. The van der Waals surface area contributed by atoms with Crippen LogP contribution in [-0.4, -0.2) is 12.1 Å². The highest BCUT2D eigenvalue weighted by Gasteiger charge is 2.13. The third-order valence-electron chi connectivity index (χ3n) is 3.44. The Bertz CT molecular complexity index is 684. The van der Waals surface area contributed by atoms with Crippen molar-refractivity contribution in [3.63, 3.8) is 0 Å². The molecule has 0 aliphatic carbocycles. The van der Waals surface area contributed by atoms with Crippen LogP contribution >= 0.6 is 0 Å². The van der Waals surface area contributed by atoms with Gasteiger partial charge in [0.2, 0.25) is 0 Å². The van der Waals surface area contributed by atoms with E-state index in [0.29, 0.717) is 5.56 Å². The molecule has 1 amide bonds. The summed E-state index contributed by atoms with van der Waals surface area (Å²) in [6.45, 7) is 6.46. The van der Waals surface area contributed by atoms with E-state index >= 15 is 0 Å². The number of hydrogen-bond acceptors (Lipinski definition) is 4. The van der Waals surface area contributed by atoms with Gasteiger partial charge in [0, 0.05) is 11.3 Å². The Labute approximate surface area is 136 Å². The highest BCUT2D eigenvalue weighted by Crippen LogP contribution is 2.23. The van der Waals surface area contributed by atoms with Crippen LogP contribution in [0, 0.1) is 0 Å². The zero-order valence-electron chi connectivity index (χ0n) is 13.5. The Hall–Kier alpha value is -2.66. The Kier molecular flexibility index (Phi) is 5.13. The van der Waals surface area contributed by atoms with E-state index in [9.17, 15) is 4.79 Å². The molecule has 2 aromatic carbocycles. The zero-order valence-corrected chi connectivity index (χ0v) is 13.5. The number of carbonyl (C=O) groups is 1. The van der Waals surface area contributed by atoms with Crippen LogP contribution in [0.3, 0.4) is 0 Å². The Morgan fingerprint density at radius 1 is 1.09 bits per heavy atom. The van der Waals surface area contributed by atoms with Gasteiger partial charge in [-0.3, -0.25) is 4.79 Å². The number of rotatable bonds is 4. The SMILES string of the molecule is CC(C)(C)c1ccc(NC(=O)c2ccc(C=NON)cc2)cc1. The molecular formula is C18H21N3O2. The summed E-state index contributed by atoms with van der Waals surface area (Å²) < 4.78 is 0. The lowest BCUT2D eigenvalue weighted by Crippen LogP contribution is -2.13. The van der Waals surface area contributed by atoms with Gasteiger partial charge in [0.1, 0.15) is 0 Å². The van der Waals surface area contributed by atoms with Crippen molar-refractivity contribution in [2.45, 2.75) is 26.2 Å². The second-order valence-electron chi connectivity index (χ2n) is 6.24. The number of nitrogens with one attached hydrogen (secondary N) is 1.